The maximum Gasteiger partial charge on any atom is 0.320 e. The number of carboxylic acid groups (broad SMARTS) is 1. The van der Waals surface area contributed by atoms with Gasteiger partial charge in [-0.15, -0.1) is 11.3 Å². The van der Waals surface area contributed by atoms with E-state index in [1.165, 1.54) is 0 Å². The molecule has 2 N–H and O–H groups in total. The summed E-state index contributed by atoms with van der Waals surface area (Å²) in [6.45, 7) is 2.60. The Morgan fingerprint density at radius 2 is 2.47 bits per heavy atom. The topological polar surface area (TPSA) is 49.3 Å². The number of carbonyl (C=O) groups is 1. The van der Waals surface area contributed by atoms with Gasteiger partial charge in [-0.2, -0.15) is 0 Å². The van der Waals surface area contributed by atoms with Crippen LogP contribution in [0.15, 0.2) is 15.9 Å². The molecule has 84 valence electrons. The molecule has 0 bridgehead atoms. The van der Waals surface area contributed by atoms with Crippen LogP contribution in [0.1, 0.15) is 24.6 Å². The van der Waals surface area contributed by atoms with Gasteiger partial charge in [-0.3, -0.25) is 10.1 Å². The molecule has 0 radical (unpaired) electrons. The van der Waals surface area contributed by atoms with Crippen LogP contribution in [0.25, 0.3) is 0 Å². The van der Waals surface area contributed by atoms with Crippen LogP contribution in [-0.2, 0) is 11.3 Å². The van der Waals surface area contributed by atoms with Crippen molar-refractivity contribution in [2.75, 3.05) is 0 Å². The molecule has 0 aliphatic rings. The van der Waals surface area contributed by atoms with Gasteiger partial charge in [-0.1, -0.05) is 13.3 Å². The molecule has 0 aliphatic carbocycles. The highest BCUT2D eigenvalue weighted by molar-refractivity contribution is 9.10. The Labute approximate surface area is 102 Å². The first kappa shape index (κ1) is 12.7. The Morgan fingerprint density at radius 3 is 2.93 bits per heavy atom. The molecule has 0 saturated carbocycles. The lowest BCUT2D eigenvalue weighted by atomic mass is 10.1. The average Bonchev–Trinajstić information content (AvgIpc) is 2.58. The van der Waals surface area contributed by atoms with Gasteiger partial charge in [0.15, 0.2) is 0 Å². The van der Waals surface area contributed by atoms with Crippen molar-refractivity contribution in [1.29, 1.82) is 0 Å². The quantitative estimate of drug-likeness (QED) is 0.847. The van der Waals surface area contributed by atoms with Gasteiger partial charge in [0.1, 0.15) is 6.04 Å². The lowest BCUT2D eigenvalue weighted by molar-refractivity contribution is -0.139. The van der Waals surface area contributed by atoms with Crippen LogP contribution < -0.4 is 5.32 Å². The number of rotatable bonds is 6. The fourth-order valence-electron chi connectivity index (χ4n) is 1.27. The summed E-state index contributed by atoms with van der Waals surface area (Å²) < 4.78 is 1.05. The molecule has 5 heteroatoms. The van der Waals surface area contributed by atoms with E-state index in [1.54, 1.807) is 11.3 Å². The molecule has 0 saturated heterocycles. The first-order valence-electron chi connectivity index (χ1n) is 4.82. The van der Waals surface area contributed by atoms with E-state index in [0.29, 0.717) is 13.0 Å². The van der Waals surface area contributed by atoms with E-state index in [4.69, 9.17) is 5.11 Å². The minimum absolute atomic E-state index is 0.434. The maximum absolute atomic E-state index is 10.8. The third kappa shape index (κ3) is 4.32. The smallest absolute Gasteiger partial charge is 0.320 e. The lowest BCUT2D eigenvalue weighted by Crippen LogP contribution is -2.35. The van der Waals surface area contributed by atoms with Crippen molar-refractivity contribution >= 4 is 33.2 Å². The molecule has 15 heavy (non-hydrogen) atoms. The Balaban J connectivity index is 2.43. The first-order valence-corrected chi connectivity index (χ1v) is 6.50. The van der Waals surface area contributed by atoms with E-state index in [0.717, 1.165) is 15.8 Å². The van der Waals surface area contributed by atoms with Gasteiger partial charge in [-0.05, 0) is 28.4 Å². The number of thiophene rings is 1. The van der Waals surface area contributed by atoms with E-state index in [1.807, 2.05) is 18.4 Å². The molecule has 0 fully saturated rings. The molecule has 0 amide bonds. The number of nitrogens with one attached hydrogen (secondary N) is 1. The van der Waals surface area contributed by atoms with Gasteiger partial charge in [0, 0.05) is 21.3 Å². The number of halogens is 1. The molecular weight excluding hydrogens is 278 g/mol. The van der Waals surface area contributed by atoms with Crippen molar-refractivity contribution in [3.05, 3.63) is 20.8 Å². The molecule has 3 nitrogen and oxygen atoms in total. The maximum atomic E-state index is 10.8. The Hall–Kier alpha value is -0.390. The molecule has 0 aliphatic heterocycles. The Kier molecular flexibility index (Phi) is 5.28. The minimum Gasteiger partial charge on any atom is -0.480 e. The second-order valence-corrected chi connectivity index (χ2v) is 5.20. The van der Waals surface area contributed by atoms with Gasteiger partial charge in [0.25, 0.3) is 0 Å². The summed E-state index contributed by atoms with van der Waals surface area (Å²) in [4.78, 5) is 12.0. The van der Waals surface area contributed by atoms with Crippen molar-refractivity contribution in [3.8, 4) is 0 Å². The normalized spacial score (nSPS) is 12.7. The Morgan fingerprint density at radius 1 is 1.73 bits per heavy atom. The van der Waals surface area contributed by atoms with Crippen LogP contribution in [0, 0.1) is 0 Å². The monoisotopic (exact) mass is 291 g/mol. The summed E-state index contributed by atoms with van der Waals surface area (Å²) in [6, 6.07) is 1.57. The summed E-state index contributed by atoms with van der Waals surface area (Å²) >= 11 is 4.98. The standard InChI is InChI=1S/C10H14BrNO2S/c1-2-3-9(10(13)14)12-5-8-4-7(11)6-15-8/h4,6,9,12H,2-3,5H2,1H3,(H,13,14). The van der Waals surface area contributed by atoms with Gasteiger partial charge < -0.3 is 5.11 Å². The summed E-state index contributed by atoms with van der Waals surface area (Å²) in [6.07, 6.45) is 1.54. The first-order chi connectivity index (χ1) is 7.13. The summed E-state index contributed by atoms with van der Waals surface area (Å²) in [5, 5.41) is 14.0. The highest BCUT2D eigenvalue weighted by atomic mass is 79.9. The van der Waals surface area contributed by atoms with Crippen LogP contribution in [0.3, 0.4) is 0 Å². The van der Waals surface area contributed by atoms with E-state index < -0.39 is 12.0 Å². The van der Waals surface area contributed by atoms with Crippen molar-refractivity contribution in [2.45, 2.75) is 32.4 Å². The highest BCUT2D eigenvalue weighted by Crippen LogP contribution is 2.19. The molecule has 0 spiro atoms. The second kappa shape index (κ2) is 6.25. The van der Waals surface area contributed by atoms with Crippen LogP contribution in [0.4, 0.5) is 0 Å². The molecule has 1 atom stereocenters. The van der Waals surface area contributed by atoms with Crippen molar-refractivity contribution in [3.63, 3.8) is 0 Å². The van der Waals surface area contributed by atoms with Gasteiger partial charge in [-0.25, -0.2) is 0 Å². The number of hydrogen-bond acceptors (Lipinski definition) is 3. The third-order valence-electron chi connectivity index (χ3n) is 2.02. The number of carboxylic acids is 1. The molecule has 1 heterocycles. The SMILES string of the molecule is CCCC(NCc1cc(Br)cs1)C(=O)O. The molecule has 0 aromatic carbocycles. The van der Waals surface area contributed by atoms with E-state index >= 15 is 0 Å². The zero-order chi connectivity index (χ0) is 11.3. The minimum atomic E-state index is -0.771. The molecular formula is C10H14BrNO2S. The van der Waals surface area contributed by atoms with Crippen LogP contribution in [0.5, 0.6) is 0 Å². The predicted octanol–water partition coefficient (Wildman–Crippen LogP) is 2.85. The number of hydrogen-bond donors (Lipinski definition) is 2. The van der Waals surface area contributed by atoms with Gasteiger partial charge in [0.2, 0.25) is 0 Å². The van der Waals surface area contributed by atoms with Crippen LogP contribution in [0.2, 0.25) is 0 Å². The van der Waals surface area contributed by atoms with Crippen LogP contribution in [-0.4, -0.2) is 17.1 Å². The summed E-state index contributed by atoms with van der Waals surface area (Å²) in [5.41, 5.74) is 0. The molecule has 1 aromatic rings. The van der Waals surface area contributed by atoms with E-state index in [2.05, 4.69) is 21.2 Å². The Bertz CT molecular complexity index is 327. The van der Waals surface area contributed by atoms with E-state index in [9.17, 15) is 4.79 Å². The highest BCUT2D eigenvalue weighted by Gasteiger charge is 2.15. The van der Waals surface area contributed by atoms with Gasteiger partial charge >= 0.3 is 5.97 Å². The van der Waals surface area contributed by atoms with Crippen LogP contribution >= 0.6 is 27.3 Å². The third-order valence-corrected chi connectivity index (χ3v) is 3.72. The second-order valence-electron chi connectivity index (χ2n) is 3.29. The summed E-state index contributed by atoms with van der Waals surface area (Å²) in [5.74, 6) is -0.771. The fourth-order valence-corrected chi connectivity index (χ4v) is 2.67. The molecule has 1 aromatic heterocycles. The fraction of sp³-hybridized carbons (Fsp3) is 0.500. The lowest BCUT2D eigenvalue weighted by Gasteiger charge is -2.12. The zero-order valence-electron chi connectivity index (χ0n) is 8.50. The zero-order valence-corrected chi connectivity index (χ0v) is 10.9. The average molecular weight is 292 g/mol. The van der Waals surface area contributed by atoms with Crippen molar-refractivity contribution in [2.24, 2.45) is 0 Å². The number of aliphatic carboxylic acids is 1. The van der Waals surface area contributed by atoms with Gasteiger partial charge in [0.05, 0.1) is 0 Å². The van der Waals surface area contributed by atoms with E-state index in [-0.39, 0.29) is 0 Å². The predicted molar refractivity (Wildman–Crippen MR) is 65.2 cm³/mol. The van der Waals surface area contributed by atoms with Crippen molar-refractivity contribution < 1.29 is 9.90 Å². The molecule has 1 rings (SSSR count). The molecule has 1 unspecified atom stereocenters. The largest absolute Gasteiger partial charge is 0.480 e. The summed E-state index contributed by atoms with van der Waals surface area (Å²) in [7, 11) is 0. The van der Waals surface area contributed by atoms with Crippen molar-refractivity contribution in [1.82, 2.24) is 5.32 Å².